The molecular formula is C22H31NO3. The zero-order valence-electron chi connectivity index (χ0n) is 16.1. The van der Waals surface area contributed by atoms with E-state index >= 15 is 0 Å². The predicted molar refractivity (Wildman–Crippen MR) is 96.9 cm³/mol. The van der Waals surface area contributed by atoms with Gasteiger partial charge in [0.25, 0.3) is 0 Å². The van der Waals surface area contributed by atoms with E-state index in [2.05, 4.69) is 26.0 Å². The predicted octanol–water partition coefficient (Wildman–Crippen LogP) is 3.95. The summed E-state index contributed by atoms with van der Waals surface area (Å²) in [6.45, 7) is 6.10. The largest absolute Gasteiger partial charge is 0.375 e. The normalized spacial score (nSPS) is 51.9. The smallest absolute Gasteiger partial charge is 0.172 e. The van der Waals surface area contributed by atoms with Crippen molar-refractivity contribution in [3.05, 3.63) is 11.6 Å². The van der Waals surface area contributed by atoms with Gasteiger partial charge in [-0.2, -0.15) is 5.26 Å². The van der Waals surface area contributed by atoms with E-state index in [4.69, 9.17) is 9.47 Å². The van der Waals surface area contributed by atoms with Gasteiger partial charge in [-0.15, -0.1) is 0 Å². The van der Waals surface area contributed by atoms with Crippen LogP contribution < -0.4 is 0 Å². The molecule has 0 bridgehead atoms. The highest BCUT2D eigenvalue weighted by Crippen LogP contribution is 2.67. The molecule has 6 atom stereocenters. The monoisotopic (exact) mass is 357 g/mol. The van der Waals surface area contributed by atoms with E-state index in [-0.39, 0.29) is 16.6 Å². The SMILES string of the molecule is C[C@]12CCC3(CC1=CC[C@@H]1[C@@H]2CC[C@]2(C)[C@H]1CC[C@]2(O)C#N)OCCO3. The molecule has 1 saturated heterocycles. The number of aliphatic hydroxyl groups is 1. The Balaban J connectivity index is 1.47. The van der Waals surface area contributed by atoms with Crippen LogP contribution in [0.5, 0.6) is 0 Å². The van der Waals surface area contributed by atoms with Crippen molar-refractivity contribution in [1.82, 2.24) is 0 Å². The molecule has 26 heavy (non-hydrogen) atoms. The van der Waals surface area contributed by atoms with Gasteiger partial charge in [-0.25, -0.2) is 0 Å². The summed E-state index contributed by atoms with van der Waals surface area (Å²) in [5.41, 5.74) is 0.412. The zero-order chi connectivity index (χ0) is 18.2. The molecule has 1 spiro atoms. The second kappa shape index (κ2) is 5.34. The molecule has 0 aromatic carbocycles. The number of nitrogens with zero attached hydrogens (tertiary/aromatic N) is 1. The highest BCUT2D eigenvalue weighted by molar-refractivity contribution is 5.28. The summed E-state index contributed by atoms with van der Waals surface area (Å²) >= 11 is 0. The van der Waals surface area contributed by atoms with Gasteiger partial charge >= 0.3 is 0 Å². The molecule has 4 fully saturated rings. The van der Waals surface area contributed by atoms with Crippen molar-refractivity contribution in [2.75, 3.05) is 13.2 Å². The van der Waals surface area contributed by atoms with Gasteiger partial charge < -0.3 is 14.6 Å². The first kappa shape index (κ1) is 17.2. The fraction of sp³-hybridized carbons (Fsp3) is 0.864. The van der Waals surface area contributed by atoms with Crippen LogP contribution in [0, 0.1) is 39.9 Å². The summed E-state index contributed by atoms with van der Waals surface area (Å²) in [5.74, 6) is 1.38. The molecule has 4 heteroatoms. The first-order chi connectivity index (χ1) is 12.4. The Morgan fingerprint density at radius 1 is 1.08 bits per heavy atom. The molecule has 0 amide bonds. The van der Waals surface area contributed by atoms with Gasteiger partial charge in [0.05, 0.1) is 19.3 Å². The minimum atomic E-state index is -1.13. The lowest BCUT2D eigenvalue weighted by atomic mass is 9.47. The second-order valence-electron chi connectivity index (χ2n) is 10.0. The summed E-state index contributed by atoms with van der Waals surface area (Å²) in [6.07, 6.45) is 10.4. The Bertz CT molecular complexity index is 690. The molecule has 1 heterocycles. The Labute approximate surface area is 156 Å². The minimum absolute atomic E-state index is 0.234. The van der Waals surface area contributed by atoms with Crippen LogP contribution in [0.4, 0.5) is 0 Å². The van der Waals surface area contributed by atoms with E-state index in [0.29, 0.717) is 24.2 Å². The van der Waals surface area contributed by atoms with E-state index in [0.717, 1.165) is 58.2 Å². The van der Waals surface area contributed by atoms with Gasteiger partial charge in [0.15, 0.2) is 11.4 Å². The fourth-order valence-corrected chi connectivity index (χ4v) is 7.55. The molecule has 0 unspecified atom stereocenters. The zero-order valence-corrected chi connectivity index (χ0v) is 16.1. The third-order valence-electron chi connectivity index (χ3n) is 9.26. The third-order valence-corrected chi connectivity index (χ3v) is 9.26. The van der Waals surface area contributed by atoms with Crippen molar-refractivity contribution in [3.8, 4) is 6.07 Å². The number of hydrogen-bond acceptors (Lipinski definition) is 4. The van der Waals surface area contributed by atoms with Crippen LogP contribution in [0.25, 0.3) is 0 Å². The lowest BCUT2D eigenvalue weighted by Crippen LogP contribution is -2.55. The molecule has 142 valence electrons. The van der Waals surface area contributed by atoms with Crippen molar-refractivity contribution >= 4 is 0 Å². The molecule has 3 saturated carbocycles. The summed E-state index contributed by atoms with van der Waals surface area (Å²) in [6, 6.07) is 2.28. The molecule has 5 rings (SSSR count). The Hall–Kier alpha value is -0.890. The number of rotatable bonds is 0. The van der Waals surface area contributed by atoms with Crippen molar-refractivity contribution < 1.29 is 14.6 Å². The van der Waals surface area contributed by atoms with Crippen molar-refractivity contribution in [1.29, 1.82) is 5.26 Å². The molecular weight excluding hydrogens is 326 g/mol. The van der Waals surface area contributed by atoms with E-state index in [9.17, 15) is 10.4 Å². The molecule has 1 N–H and O–H groups in total. The molecule has 4 aliphatic carbocycles. The standard InChI is InChI=1S/C22H31NO3/c1-19-9-10-22(25-11-12-26-22)13-15(19)3-4-16-17(19)5-7-20(2)18(16)6-8-21(20,24)14-23/h3,16-18,24H,4-13H2,1-2H3/t16-,17+,18+,19+,20-,21+/m1/s1. The fourth-order valence-electron chi connectivity index (χ4n) is 7.55. The number of fused-ring (bicyclic) bond motifs is 5. The quantitative estimate of drug-likeness (QED) is 0.527. The van der Waals surface area contributed by atoms with E-state index in [1.807, 2.05) is 0 Å². The van der Waals surface area contributed by atoms with Crippen LogP contribution in [-0.2, 0) is 9.47 Å². The first-order valence-electron chi connectivity index (χ1n) is 10.5. The molecule has 0 aromatic rings. The average Bonchev–Trinajstić information content (AvgIpc) is 3.19. The van der Waals surface area contributed by atoms with E-state index in [1.54, 1.807) is 5.57 Å². The number of hydrogen-bond donors (Lipinski definition) is 1. The van der Waals surface area contributed by atoms with Crippen molar-refractivity contribution in [2.24, 2.45) is 28.6 Å². The second-order valence-corrected chi connectivity index (χ2v) is 10.0. The van der Waals surface area contributed by atoms with Crippen LogP contribution in [-0.4, -0.2) is 29.7 Å². The maximum absolute atomic E-state index is 11.0. The van der Waals surface area contributed by atoms with E-state index in [1.165, 1.54) is 0 Å². The van der Waals surface area contributed by atoms with Crippen LogP contribution in [0.1, 0.15) is 65.2 Å². The molecule has 4 nitrogen and oxygen atoms in total. The van der Waals surface area contributed by atoms with Crippen LogP contribution >= 0.6 is 0 Å². The number of nitriles is 1. The first-order valence-corrected chi connectivity index (χ1v) is 10.5. The van der Waals surface area contributed by atoms with Gasteiger partial charge in [0.1, 0.15) is 0 Å². The Morgan fingerprint density at radius 3 is 2.54 bits per heavy atom. The molecule has 0 radical (unpaired) electrons. The minimum Gasteiger partial charge on any atom is -0.375 e. The van der Waals surface area contributed by atoms with E-state index < -0.39 is 5.60 Å². The van der Waals surface area contributed by atoms with Crippen LogP contribution in [0.3, 0.4) is 0 Å². The van der Waals surface area contributed by atoms with Crippen molar-refractivity contribution in [3.63, 3.8) is 0 Å². The third kappa shape index (κ3) is 2.00. The molecule has 0 aromatic heterocycles. The maximum atomic E-state index is 11.0. The Kier molecular flexibility index (Phi) is 3.54. The summed E-state index contributed by atoms with van der Waals surface area (Å²) in [4.78, 5) is 0. The maximum Gasteiger partial charge on any atom is 0.172 e. The van der Waals surface area contributed by atoms with Gasteiger partial charge in [0.2, 0.25) is 0 Å². The van der Waals surface area contributed by atoms with Gasteiger partial charge in [-0.3, -0.25) is 0 Å². The highest BCUT2D eigenvalue weighted by Gasteiger charge is 2.64. The topological polar surface area (TPSA) is 62.5 Å². The van der Waals surface area contributed by atoms with Crippen LogP contribution in [0.15, 0.2) is 11.6 Å². The van der Waals surface area contributed by atoms with Crippen LogP contribution in [0.2, 0.25) is 0 Å². The van der Waals surface area contributed by atoms with Gasteiger partial charge in [-0.1, -0.05) is 25.5 Å². The highest BCUT2D eigenvalue weighted by atomic mass is 16.7. The lowest BCUT2D eigenvalue weighted by Gasteiger charge is -2.59. The average molecular weight is 357 g/mol. The van der Waals surface area contributed by atoms with Gasteiger partial charge in [-0.05, 0) is 61.7 Å². The Morgan fingerprint density at radius 2 is 1.81 bits per heavy atom. The van der Waals surface area contributed by atoms with Crippen molar-refractivity contribution in [2.45, 2.75) is 76.6 Å². The number of ether oxygens (including phenoxy) is 2. The molecule has 1 aliphatic heterocycles. The summed E-state index contributed by atoms with van der Waals surface area (Å²) < 4.78 is 12.0. The molecule has 5 aliphatic rings. The van der Waals surface area contributed by atoms with Gasteiger partial charge in [0, 0.05) is 18.3 Å². The number of allylic oxidation sites excluding steroid dienone is 1. The lowest BCUT2D eigenvalue weighted by molar-refractivity contribution is -0.186. The summed E-state index contributed by atoms with van der Waals surface area (Å²) in [5, 5.41) is 20.6. The summed E-state index contributed by atoms with van der Waals surface area (Å²) in [7, 11) is 0.